The Kier molecular flexibility index (Phi) is 5.91. The van der Waals surface area contributed by atoms with Gasteiger partial charge in [0.1, 0.15) is 0 Å². The summed E-state index contributed by atoms with van der Waals surface area (Å²) in [6, 6.07) is 3.81. The summed E-state index contributed by atoms with van der Waals surface area (Å²) in [5.41, 5.74) is -0.736. The summed E-state index contributed by atoms with van der Waals surface area (Å²) in [6.45, 7) is 7.27. The summed E-state index contributed by atoms with van der Waals surface area (Å²) in [5, 5.41) is 2.25. The van der Waals surface area contributed by atoms with E-state index in [1.807, 2.05) is 0 Å². The van der Waals surface area contributed by atoms with Crippen LogP contribution in [0, 0.1) is 0 Å². The minimum absolute atomic E-state index is 0.100. The van der Waals surface area contributed by atoms with Gasteiger partial charge in [0.15, 0.2) is 0 Å². The van der Waals surface area contributed by atoms with Crippen molar-refractivity contribution in [3.8, 4) is 0 Å². The summed E-state index contributed by atoms with van der Waals surface area (Å²) in [6.07, 6.45) is -1.55. The molecule has 1 aromatic rings. The molecule has 0 aliphatic rings. The number of amides is 2. The number of hydrogen-bond donors (Lipinski definition) is 1. The Morgan fingerprint density at radius 1 is 1.09 bits per heavy atom. The van der Waals surface area contributed by atoms with E-state index in [2.05, 4.69) is 18.5 Å². The molecule has 2 amide bonds. The van der Waals surface area contributed by atoms with Crippen molar-refractivity contribution in [2.45, 2.75) is 6.18 Å². The summed E-state index contributed by atoms with van der Waals surface area (Å²) in [4.78, 5) is 24.9. The van der Waals surface area contributed by atoms with Gasteiger partial charge in [-0.15, -0.1) is 13.2 Å². The Balaban J connectivity index is 2.77. The Bertz CT molecular complexity index is 555. The first-order valence-electron chi connectivity index (χ1n) is 6.29. The summed E-state index contributed by atoms with van der Waals surface area (Å²) < 4.78 is 37.3. The number of benzene rings is 1. The van der Waals surface area contributed by atoms with E-state index in [1.165, 1.54) is 17.1 Å². The number of alkyl halides is 3. The summed E-state index contributed by atoms with van der Waals surface area (Å²) in [5.74, 6) is -1.76. The number of anilines is 1. The zero-order valence-electron chi connectivity index (χ0n) is 11.7. The predicted molar refractivity (Wildman–Crippen MR) is 77.0 cm³/mol. The molecule has 1 aromatic carbocycles. The molecule has 0 radical (unpaired) electrons. The van der Waals surface area contributed by atoms with Crippen LogP contribution in [0.4, 0.5) is 18.9 Å². The van der Waals surface area contributed by atoms with Crippen molar-refractivity contribution >= 4 is 17.5 Å². The molecule has 0 heterocycles. The fraction of sp³-hybridized carbons (Fsp3) is 0.200. The number of rotatable bonds is 5. The minimum Gasteiger partial charge on any atom is -0.327 e. The van der Waals surface area contributed by atoms with Crippen molar-refractivity contribution in [2.75, 3.05) is 18.4 Å². The monoisotopic (exact) mass is 312 g/mol. The van der Waals surface area contributed by atoms with Gasteiger partial charge in [-0.25, -0.2) is 0 Å². The highest BCUT2D eigenvalue weighted by Crippen LogP contribution is 2.29. The topological polar surface area (TPSA) is 49.4 Å². The van der Waals surface area contributed by atoms with Crippen LogP contribution in [-0.4, -0.2) is 29.8 Å². The zero-order valence-corrected chi connectivity index (χ0v) is 11.7. The first kappa shape index (κ1) is 17.5. The van der Waals surface area contributed by atoms with Crippen LogP contribution in [0.5, 0.6) is 0 Å². The van der Waals surface area contributed by atoms with Crippen LogP contribution in [0.25, 0.3) is 0 Å². The van der Waals surface area contributed by atoms with Crippen molar-refractivity contribution in [3.63, 3.8) is 0 Å². The SMILES string of the molecule is C=CCN(CC=C)C(=O)C(=O)Nc1ccc(C(F)(F)F)cc1. The molecule has 0 unspecified atom stereocenters. The third kappa shape index (κ3) is 4.76. The number of hydrogen-bond acceptors (Lipinski definition) is 2. The van der Waals surface area contributed by atoms with Gasteiger partial charge in [0.25, 0.3) is 0 Å². The molecule has 0 aliphatic carbocycles. The van der Waals surface area contributed by atoms with Crippen LogP contribution in [0.2, 0.25) is 0 Å². The van der Waals surface area contributed by atoms with Gasteiger partial charge in [0.05, 0.1) is 5.56 Å². The molecule has 1 N–H and O–H groups in total. The van der Waals surface area contributed by atoms with Crippen LogP contribution < -0.4 is 5.32 Å². The van der Waals surface area contributed by atoms with Crippen LogP contribution in [0.3, 0.4) is 0 Å². The highest BCUT2D eigenvalue weighted by Gasteiger charge is 2.30. The normalized spacial score (nSPS) is 10.7. The van der Waals surface area contributed by atoms with E-state index < -0.39 is 23.6 Å². The molecular formula is C15H15F3N2O2. The molecule has 118 valence electrons. The van der Waals surface area contributed by atoms with E-state index in [4.69, 9.17) is 0 Å². The van der Waals surface area contributed by atoms with E-state index >= 15 is 0 Å². The minimum atomic E-state index is -4.46. The Labute approximate surface area is 125 Å². The fourth-order valence-electron chi connectivity index (χ4n) is 1.62. The van der Waals surface area contributed by atoms with E-state index in [1.54, 1.807) is 0 Å². The molecule has 0 atom stereocenters. The first-order valence-corrected chi connectivity index (χ1v) is 6.29. The third-order valence-electron chi connectivity index (χ3n) is 2.65. The number of carbonyl (C=O) groups excluding carboxylic acids is 2. The molecule has 0 aliphatic heterocycles. The molecule has 7 heteroatoms. The average molecular weight is 312 g/mol. The van der Waals surface area contributed by atoms with Crippen LogP contribution in [-0.2, 0) is 15.8 Å². The quantitative estimate of drug-likeness (QED) is 0.671. The number of carbonyl (C=O) groups is 2. The van der Waals surface area contributed by atoms with Crippen molar-refractivity contribution in [2.24, 2.45) is 0 Å². The number of nitrogens with zero attached hydrogens (tertiary/aromatic N) is 1. The molecule has 0 spiro atoms. The van der Waals surface area contributed by atoms with Gasteiger partial charge in [0, 0.05) is 18.8 Å². The first-order chi connectivity index (χ1) is 10.3. The van der Waals surface area contributed by atoms with Crippen LogP contribution >= 0.6 is 0 Å². The van der Waals surface area contributed by atoms with Crippen LogP contribution in [0.1, 0.15) is 5.56 Å². The molecule has 0 saturated heterocycles. The lowest BCUT2D eigenvalue weighted by molar-refractivity contribution is -0.142. The lowest BCUT2D eigenvalue weighted by atomic mass is 10.2. The van der Waals surface area contributed by atoms with Crippen molar-refractivity contribution in [3.05, 3.63) is 55.1 Å². The fourth-order valence-corrected chi connectivity index (χ4v) is 1.62. The van der Waals surface area contributed by atoms with Gasteiger partial charge in [-0.2, -0.15) is 13.2 Å². The van der Waals surface area contributed by atoms with Crippen molar-refractivity contribution in [1.82, 2.24) is 4.90 Å². The second-order valence-corrected chi connectivity index (χ2v) is 4.32. The van der Waals surface area contributed by atoms with E-state index in [0.717, 1.165) is 24.3 Å². The van der Waals surface area contributed by atoms with Gasteiger partial charge < -0.3 is 10.2 Å². The molecule has 0 fully saturated rings. The Morgan fingerprint density at radius 3 is 2.00 bits per heavy atom. The number of nitrogens with one attached hydrogen (secondary N) is 1. The third-order valence-corrected chi connectivity index (χ3v) is 2.65. The second kappa shape index (κ2) is 7.44. The average Bonchev–Trinajstić information content (AvgIpc) is 2.46. The second-order valence-electron chi connectivity index (χ2n) is 4.32. The maximum atomic E-state index is 12.4. The molecule has 0 aromatic heterocycles. The van der Waals surface area contributed by atoms with Gasteiger partial charge in [-0.05, 0) is 24.3 Å². The molecule has 22 heavy (non-hydrogen) atoms. The maximum absolute atomic E-state index is 12.4. The van der Waals surface area contributed by atoms with E-state index in [0.29, 0.717) is 0 Å². The standard InChI is InChI=1S/C15H15F3N2O2/c1-3-9-20(10-4-2)14(22)13(21)19-12-7-5-11(6-8-12)15(16,17)18/h3-8H,1-2,9-10H2,(H,19,21). The van der Waals surface area contributed by atoms with Crippen molar-refractivity contribution < 1.29 is 22.8 Å². The van der Waals surface area contributed by atoms with E-state index in [-0.39, 0.29) is 18.8 Å². The lowest BCUT2D eigenvalue weighted by Gasteiger charge is -2.18. The summed E-state index contributed by atoms with van der Waals surface area (Å²) in [7, 11) is 0. The lowest BCUT2D eigenvalue weighted by Crippen LogP contribution is -2.39. The number of halogens is 3. The van der Waals surface area contributed by atoms with Crippen molar-refractivity contribution in [1.29, 1.82) is 0 Å². The molecule has 0 saturated carbocycles. The maximum Gasteiger partial charge on any atom is 0.416 e. The van der Waals surface area contributed by atoms with Gasteiger partial charge >= 0.3 is 18.0 Å². The van der Waals surface area contributed by atoms with Gasteiger partial charge in [0.2, 0.25) is 0 Å². The molecular weight excluding hydrogens is 297 g/mol. The van der Waals surface area contributed by atoms with Crippen LogP contribution in [0.15, 0.2) is 49.6 Å². The molecule has 0 bridgehead atoms. The Hall–Kier alpha value is -2.57. The van der Waals surface area contributed by atoms with E-state index in [9.17, 15) is 22.8 Å². The largest absolute Gasteiger partial charge is 0.416 e. The molecule has 4 nitrogen and oxygen atoms in total. The zero-order chi connectivity index (χ0) is 16.8. The predicted octanol–water partition coefficient (Wildman–Crippen LogP) is 2.84. The molecule has 1 rings (SSSR count). The highest BCUT2D eigenvalue weighted by molar-refractivity contribution is 6.39. The smallest absolute Gasteiger partial charge is 0.327 e. The Morgan fingerprint density at radius 2 is 1.59 bits per heavy atom. The highest BCUT2D eigenvalue weighted by atomic mass is 19.4. The van der Waals surface area contributed by atoms with Gasteiger partial charge in [-0.1, -0.05) is 12.2 Å². The van der Waals surface area contributed by atoms with Gasteiger partial charge in [-0.3, -0.25) is 9.59 Å². The summed E-state index contributed by atoms with van der Waals surface area (Å²) >= 11 is 0.